The van der Waals surface area contributed by atoms with Crippen LogP contribution in [-0.2, 0) is 0 Å². The van der Waals surface area contributed by atoms with Gasteiger partial charge in [0, 0.05) is 11.9 Å². The molecule has 1 heterocycles. The summed E-state index contributed by atoms with van der Waals surface area (Å²) in [6, 6.07) is 12.3. The quantitative estimate of drug-likeness (QED) is 0.849. The topological polar surface area (TPSA) is 38.9 Å². The first-order chi connectivity index (χ1) is 7.83. The van der Waals surface area contributed by atoms with Gasteiger partial charge < -0.3 is 5.73 Å². The maximum Gasteiger partial charge on any atom is 0.0709 e. The zero-order valence-corrected chi connectivity index (χ0v) is 9.48. The highest BCUT2D eigenvalue weighted by Gasteiger charge is 1.96. The van der Waals surface area contributed by atoms with Gasteiger partial charge in [-0.1, -0.05) is 36.8 Å². The van der Waals surface area contributed by atoms with Crippen LogP contribution in [0, 0.1) is 0 Å². The Bertz CT molecular complexity index is 509. The second kappa shape index (κ2) is 4.90. The molecule has 2 rings (SSSR count). The third-order valence-corrected chi connectivity index (χ3v) is 2.69. The lowest BCUT2D eigenvalue weighted by atomic mass is 10.1. The minimum absolute atomic E-state index is 0.602. The second-order valence-corrected chi connectivity index (χ2v) is 3.79. The molecule has 2 N–H and O–H groups in total. The van der Waals surface area contributed by atoms with Gasteiger partial charge in [-0.3, -0.25) is 0 Å². The van der Waals surface area contributed by atoms with Gasteiger partial charge in [0.1, 0.15) is 0 Å². The fraction of sp³-hybridized carbons (Fsp3) is 0.214. The molecule has 82 valence electrons. The number of pyridine rings is 1. The summed E-state index contributed by atoms with van der Waals surface area (Å²) in [5.74, 6) is 0. The van der Waals surface area contributed by atoms with Crippen molar-refractivity contribution in [3.05, 3.63) is 47.7 Å². The molecule has 1 aromatic heterocycles. The number of fused-ring (bicyclic) bond motifs is 1. The highest BCUT2D eigenvalue weighted by molar-refractivity contribution is 5.79. The number of aromatic nitrogens is 1. The number of rotatable bonds is 3. The SMILES string of the molecule is CCC(=Cc1ccc2ccccc2n1)CN. The molecule has 0 aliphatic rings. The molecule has 0 radical (unpaired) electrons. The van der Waals surface area contributed by atoms with E-state index in [9.17, 15) is 0 Å². The summed E-state index contributed by atoms with van der Waals surface area (Å²) in [6.07, 6.45) is 3.05. The van der Waals surface area contributed by atoms with Gasteiger partial charge in [-0.25, -0.2) is 4.98 Å². The van der Waals surface area contributed by atoms with E-state index >= 15 is 0 Å². The van der Waals surface area contributed by atoms with Crippen LogP contribution in [0.3, 0.4) is 0 Å². The summed E-state index contributed by atoms with van der Waals surface area (Å²) >= 11 is 0. The number of hydrogen-bond acceptors (Lipinski definition) is 2. The number of hydrogen-bond donors (Lipinski definition) is 1. The Hall–Kier alpha value is -1.67. The van der Waals surface area contributed by atoms with Gasteiger partial charge >= 0.3 is 0 Å². The molecular formula is C14H16N2. The molecule has 0 bridgehead atoms. The summed E-state index contributed by atoms with van der Waals surface area (Å²) < 4.78 is 0. The first-order valence-corrected chi connectivity index (χ1v) is 5.59. The lowest BCUT2D eigenvalue weighted by molar-refractivity contribution is 1.02. The minimum Gasteiger partial charge on any atom is -0.327 e. The largest absolute Gasteiger partial charge is 0.327 e. The van der Waals surface area contributed by atoms with Gasteiger partial charge in [-0.2, -0.15) is 0 Å². The van der Waals surface area contributed by atoms with Crippen LogP contribution in [0.2, 0.25) is 0 Å². The Labute approximate surface area is 95.8 Å². The molecular weight excluding hydrogens is 196 g/mol. The normalized spacial score (nSPS) is 12.0. The standard InChI is InChI=1S/C14H16N2/c1-2-11(10-15)9-13-8-7-12-5-3-4-6-14(12)16-13/h3-9H,2,10,15H2,1H3. The molecule has 0 aliphatic heterocycles. The number of benzene rings is 1. The van der Waals surface area contributed by atoms with Crippen LogP contribution >= 0.6 is 0 Å². The summed E-state index contributed by atoms with van der Waals surface area (Å²) in [5, 5.41) is 1.17. The first kappa shape index (κ1) is 10.8. The van der Waals surface area contributed by atoms with E-state index in [-0.39, 0.29) is 0 Å². The van der Waals surface area contributed by atoms with Crippen molar-refractivity contribution in [2.24, 2.45) is 5.73 Å². The summed E-state index contributed by atoms with van der Waals surface area (Å²) in [6.45, 7) is 2.71. The van der Waals surface area contributed by atoms with Crippen molar-refractivity contribution in [1.29, 1.82) is 0 Å². The Morgan fingerprint density at radius 3 is 2.81 bits per heavy atom. The van der Waals surface area contributed by atoms with Crippen LogP contribution in [0.5, 0.6) is 0 Å². The molecule has 0 saturated carbocycles. The first-order valence-electron chi connectivity index (χ1n) is 5.59. The van der Waals surface area contributed by atoms with E-state index < -0.39 is 0 Å². The molecule has 1 aromatic carbocycles. The Kier molecular flexibility index (Phi) is 3.32. The zero-order chi connectivity index (χ0) is 11.4. The van der Waals surface area contributed by atoms with Gasteiger partial charge in [0.25, 0.3) is 0 Å². The monoisotopic (exact) mass is 212 g/mol. The van der Waals surface area contributed by atoms with Gasteiger partial charge in [-0.05, 0) is 24.6 Å². The molecule has 0 unspecified atom stereocenters. The van der Waals surface area contributed by atoms with Crippen LogP contribution in [-0.4, -0.2) is 11.5 Å². The van der Waals surface area contributed by atoms with Crippen molar-refractivity contribution in [1.82, 2.24) is 4.98 Å². The summed E-state index contributed by atoms with van der Waals surface area (Å²) in [4.78, 5) is 4.58. The van der Waals surface area contributed by atoms with E-state index in [0.29, 0.717) is 6.54 Å². The van der Waals surface area contributed by atoms with Crippen LogP contribution in [0.4, 0.5) is 0 Å². The average molecular weight is 212 g/mol. The van der Waals surface area contributed by atoms with E-state index in [2.05, 4.69) is 30.1 Å². The zero-order valence-electron chi connectivity index (χ0n) is 9.48. The molecule has 2 nitrogen and oxygen atoms in total. The summed E-state index contributed by atoms with van der Waals surface area (Å²) in [5.41, 5.74) is 8.89. The average Bonchev–Trinajstić information content (AvgIpc) is 2.35. The van der Waals surface area contributed by atoms with Crippen molar-refractivity contribution in [3.63, 3.8) is 0 Å². The predicted octanol–water partition coefficient (Wildman–Crippen LogP) is 2.99. The molecule has 16 heavy (non-hydrogen) atoms. The molecule has 0 amide bonds. The van der Waals surface area contributed by atoms with E-state index in [1.807, 2.05) is 24.3 Å². The molecule has 0 fully saturated rings. The van der Waals surface area contributed by atoms with Crippen molar-refractivity contribution < 1.29 is 0 Å². The number of nitrogens with two attached hydrogens (primary N) is 1. The van der Waals surface area contributed by atoms with Crippen molar-refractivity contribution in [3.8, 4) is 0 Å². The highest BCUT2D eigenvalue weighted by Crippen LogP contribution is 2.14. The summed E-state index contributed by atoms with van der Waals surface area (Å²) in [7, 11) is 0. The number of nitrogens with zero attached hydrogens (tertiary/aromatic N) is 1. The Balaban J connectivity index is 2.43. The second-order valence-electron chi connectivity index (χ2n) is 3.79. The smallest absolute Gasteiger partial charge is 0.0709 e. The molecule has 0 spiro atoms. The Morgan fingerprint density at radius 1 is 1.25 bits per heavy atom. The van der Waals surface area contributed by atoms with Crippen LogP contribution in [0.15, 0.2) is 42.0 Å². The fourth-order valence-electron chi connectivity index (χ4n) is 1.68. The van der Waals surface area contributed by atoms with E-state index in [0.717, 1.165) is 17.6 Å². The molecule has 0 saturated heterocycles. The lowest BCUT2D eigenvalue weighted by Crippen LogP contribution is -2.02. The fourth-order valence-corrected chi connectivity index (χ4v) is 1.68. The third kappa shape index (κ3) is 2.28. The molecule has 2 heteroatoms. The van der Waals surface area contributed by atoms with Crippen molar-refractivity contribution in [2.75, 3.05) is 6.54 Å². The van der Waals surface area contributed by atoms with Gasteiger partial charge in [0.15, 0.2) is 0 Å². The van der Waals surface area contributed by atoms with Gasteiger partial charge in [0.2, 0.25) is 0 Å². The molecule has 0 aliphatic carbocycles. The maximum atomic E-state index is 5.65. The van der Waals surface area contributed by atoms with E-state index in [1.165, 1.54) is 11.0 Å². The van der Waals surface area contributed by atoms with Crippen LogP contribution in [0.1, 0.15) is 19.0 Å². The van der Waals surface area contributed by atoms with Gasteiger partial charge in [-0.15, -0.1) is 0 Å². The third-order valence-electron chi connectivity index (χ3n) is 2.69. The van der Waals surface area contributed by atoms with E-state index in [4.69, 9.17) is 5.73 Å². The number of para-hydroxylation sites is 1. The highest BCUT2D eigenvalue weighted by atomic mass is 14.7. The van der Waals surface area contributed by atoms with Crippen LogP contribution in [0.25, 0.3) is 17.0 Å². The van der Waals surface area contributed by atoms with E-state index in [1.54, 1.807) is 0 Å². The van der Waals surface area contributed by atoms with Crippen LogP contribution < -0.4 is 5.73 Å². The molecule has 2 aromatic rings. The van der Waals surface area contributed by atoms with Crippen molar-refractivity contribution >= 4 is 17.0 Å². The lowest BCUT2D eigenvalue weighted by Gasteiger charge is -2.02. The maximum absolute atomic E-state index is 5.65. The predicted molar refractivity (Wildman–Crippen MR) is 69.1 cm³/mol. The minimum atomic E-state index is 0.602. The molecule has 0 atom stereocenters. The Morgan fingerprint density at radius 2 is 2.06 bits per heavy atom. The van der Waals surface area contributed by atoms with Crippen molar-refractivity contribution in [2.45, 2.75) is 13.3 Å². The van der Waals surface area contributed by atoms with Gasteiger partial charge in [0.05, 0.1) is 11.2 Å².